The molecular formula is C9H13FN2O3S. The van der Waals surface area contributed by atoms with Crippen molar-refractivity contribution in [2.75, 3.05) is 25.1 Å². The van der Waals surface area contributed by atoms with Crippen molar-refractivity contribution in [1.29, 1.82) is 0 Å². The molecule has 0 saturated heterocycles. The van der Waals surface area contributed by atoms with Crippen LogP contribution in [0.1, 0.15) is 0 Å². The van der Waals surface area contributed by atoms with E-state index in [4.69, 9.17) is 10.2 Å². The number of halogens is 1. The third-order valence-corrected chi connectivity index (χ3v) is 3.01. The lowest BCUT2D eigenvalue weighted by Gasteiger charge is -2.18. The first-order valence-electron chi connectivity index (χ1n) is 4.50. The zero-order chi connectivity index (χ0) is 12.3. The maximum Gasteiger partial charge on any atom is 0.238 e. The molecule has 0 spiro atoms. The SMILES string of the molecule is CN(CCO)c1ccc(S(N)(=O)=O)cc1F. The fraction of sp³-hybridized carbons (Fsp3) is 0.333. The van der Waals surface area contributed by atoms with E-state index in [0.717, 1.165) is 6.07 Å². The van der Waals surface area contributed by atoms with Crippen LogP contribution < -0.4 is 10.0 Å². The zero-order valence-electron chi connectivity index (χ0n) is 8.72. The second-order valence-electron chi connectivity index (χ2n) is 3.30. The topological polar surface area (TPSA) is 83.6 Å². The number of benzene rings is 1. The van der Waals surface area contributed by atoms with Gasteiger partial charge in [-0.2, -0.15) is 0 Å². The van der Waals surface area contributed by atoms with Crippen LogP contribution in [0.3, 0.4) is 0 Å². The van der Waals surface area contributed by atoms with Gasteiger partial charge in [0.15, 0.2) is 0 Å². The Balaban J connectivity index is 3.10. The molecule has 3 N–H and O–H groups in total. The van der Waals surface area contributed by atoms with Gasteiger partial charge < -0.3 is 10.0 Å². The van der Waals surface area contributed by atoms with Gasteiger partial charge >= 0.3 is 0 Å². The van der Waals surface area contributed by atoms with E-state index in [1.54, 1.807) is 7.05 Å². The summed E-state index contributed by atoms with van der Waals surface area (Å²) in [6.45, 7) is 0.137. The largest absolute Gasteiger partial charge is 0.395 e. The van der Waals surface area contributed by atoms with E-state index in [-0.39, 0.29) is 23.7 Å². The van der Waals surface area contributed by atoms with E-state index < -0.39 is 15.8 Å². The van der Waals surface area contributed by atoms with Crippen molar-refractivity contribution in [2.45, 2.75) is 4.90 Å². The molecule has 0 atom stereocenters. The molecule has 1 aromatic rings. The highest BCUT2D eigenvalue weighted by atomic mass is 32.2. The average Bonchev–Trinajstić information content (AvgIpc) is 2.16. The third kappa shape index (κ3) is 2.91. The minimum atomic E-state index is -3.89. The monoisotopic (exact) mass is 248 g/mol. The summed E-state index contributed by atoms with van der Waals surface area (Å²) in [5.74, 6) is -0.692. The Bertz CT molecular complexity index is 476. The summed E-state index contributed by atoms with van der Waals surface area (Å²) in [5.41, 5.74) is 0.210. The van der Waals surface area contributed by atoms with Gasteiger partial charge in [0.25, 0.3) is 0 Å². The number of nitrogens with two attached hydrogens (primary N) is 1. The summed E-state index contributed by atoms with van der Waals surface area (Å²) in [6, 6.07) is 3.39. The Labute approximate surface area is 93.3 Å². The fourth-order valence-corrected chi connectivity index (χ4v) is 1.77. The molecule has 0 unspecified atom stereocenters. The molecule has 0 fully saturated rings. The summed E-state index contributed by atoms with van der Waals surface area (Å²) < 4.78 is 35.4. The first-order chi connectivity index (χ1) is 7.36. The summed E-state index contributed by atoms with van der Waals surface area (Å²) in [4.78, 5) is 1.20. The summed E-state index contributed by atoms with van der Waals surface area (Å²) in [7, 11) is -2.30. The number of aliphatic hydroxyl groups is 1. The molecule has 0 radical (unpaired) electrons. The van der Waals surface area contributed by atoms with Gasteiger partial charge in [0.2, 0.25) is 10.0 Å². The number of sulfonamides is 1. The lowest BCUT2D eigenvalue weighted by Crippen LogP contribution is -2.22. The van der Waals surface area contributed by atoms with Crippen molar-refractivity contribution in [1.82, 2.24) is 0 Å². The second kappa shape index (κ2) is 4.77. The molecular weight excluding hydrogens is 235 g/mol. The van der Waals surface area contributed by atoms with Crippen molar-refractivity contribution in [3.63, 3.8) is 0 Å². The van der Waals surface area contributed by atoms with Crippen molar-refractivity contribution in [3.05, 3.63) is 24.0 Å². The average molecular weight is 248 g/mol. The molecule has 0 saturated carbocycles. The predicted molar refractivity (Wildman–Crippen MR) is 58.1 cm³/mol. The van der Waals surface area contributed by atoms with Crippen molar-refractivity contribution in [3.8, 4) is 0 Å². The zero-order valence-corrected chi connectivity index (χ0v) is 9.54. The Morgan fingerprint density at radius 3 is 2.56 bits per heavy atom. The van der Waals surface area contributed by atoms with Gasteiger partial charge in [-0.05, 0) is 18.2 Å². The molecule has 0 heterocycles. The Kier molecular flexibility index (Phi) is 3.84. The lowest BCUT2D eigenvalue weighted by molar-refractivity contribution is 0.303. The number of nitrogens with zero attached hydrogens (tertiary/aromatic N) is 1. The molecule has 0 bridgehead atoms. The van der Waals surface area contributed by atoms with Gasteiger partial charge in [0.05, 0.1) is 17.2 Å². The number of hydrogen-bond donors (Lipinski definition) is 2. The highest BCUT2D eigenvalue weighted by Crippen LogP contribution is 2.20. The van der Waals surface area contributed by atoms with E-state index in [1.165, 1.54) is 17.0 Å². The number of aliphatic hydroxyl groups excluding tert-OH is 1. The molecule has 5 nitrogen and oxygen atoms in total. The highest BCUT2D eigenvalue weighted by molar-refractivity contribution is 7.89. The van der Waals surface area contributed by atoms with E-state index in [9.17, 15) is 12.8 Å². The Morgan fingerprint density at radius 2 is 2.12 bits per heavy atom. The second-order valence-corrected chi connectivity index (χ2v) is 4.86. The van der Waals surface area contributed by atoms with Gasteiger partial charge in [-0.3, -0.25) is 0 Å². The van der Waals surface area contributed by atoms with Crippen LogP contribution in [0.4, 0.5) is 10.1 Å². The van der Waals surface area contributed by atoms with Gasteiger partial charge in [0.1, 0.15) is 5.82 Å². The number of anilines is 1. The maximum absolute atomic E-state index is 13.5. The number of rotatable bonds is 4. The molecule has 16 heavy (non-hydrogen) atoms. The number of hydrogen-bond acceptors (Lipinski definition) is 4. The van der Waals surface area contributed by atoms with Gasteiger partial charge in [-0.15, -0.1) is 0 Å². The molecule has 0 amide bonds. The smallest absolute Gasteiger partial charge is 0.238 e. The third-order valence-electron chi connectivity index (χ3n) is 2.09. The Hall–Kier alpha value is -1.18. The summed E-state index contributed by atoms with van der Waals surface area (Å²) >= 11 is 0. The van der Waals surface area contributed by atoms with Gasteiger partial charge in [-0.1, -0.05) is 0 Å². The van der Waals surface area contributed by atoms with E-state index in [0.29, 0.717) is 0 Å². The van der Waals surface area contributed by atoms with Gasteiger partial charge in [-0.25, -0.2) is 17.9 Å². The predicted octanol–water partition coefficient (Wildman–Crippen LogP) is -0.0984. The molecule has 90 valence electrons. The molecule has 7 heteroatoms. The maximum atomic E-state index is 13.5. The quantitative estimate of drug-likeness (QED) is 0.779. The van der Waals surface area contributed by atoms with Crippen LogP contribution in [-0.4, -0.2) is 33.7 Å². The lowest BCUT2D eigenvalue weighted by atomic mass is 10.3. The fourth-order valence-electron chi connectivity index (χ4n) is 1.24. The summed E-state index contributed by atoms with van der Waals surface area (Å²) in [6.07, 6.45) is 0. The van der Waals surface area contributed by atoms with Crippen LogP contribution in [0.25, 0.3) is 0 Å². The van der Waals surface area contributed by atoms with Crippen LogP contribution >= 0.6 is 0 Å². The van der Waals surface area contributed by atoms with Crippen LogP contribution in [0, 0.1) is 5.82 Å². The first-order valence-corrected chi connectivity index (χ1v) is 6.05. The molecule has 0 aromatic heterocycles. The molecule has 0 aliphatic carbocycles. The normalized spacial score (nSPS) is 11.5. The van der Waals surface area contributed by atoms with Crippen molar-refractivity contribution in [2.24, 2.45) is 5.14 Å². The molecule has 0 aliphatic rings. The van der Waals surface area contributed by atoms with E-state index in [1.807, 2.05) is 0 Å². The number of likely N-dealkylation sites (N-methyl/N-ethyl adjacent to an activating group) is 1. The summed E-state index contributed by atoms with van der Waals surface area (Å²) in [5, 5.41) is 13.6. The minimum Gasteiger partial charge on any atom is -0.395 e. The van der Waals surface area contributed by atoms with E-state index >= 15 is 0 Å². The standard InChI is InChI=1S/C9H13FN2O3S/c1-12(4-5-13)9-3-2-7(6-8(9)10)16(11,14)15/h2-3,6,13H,4-5H2,1H3,(H2,11,14,15). The van der Waals surface area contributed by atoms with E-state index in [2.05, 4.69) is 0 Å². The highest BCUT2D eigenvalue weighted by Gasteiger charge is 2.13. The molecule has 1 aromatic carbocycles. The minimum absolute atomic E-state index is 0.118. The molecule has 1 rings (SSSR count). The van der Waals surface area contributed by atoms with Crippen LogP contribution in [-0.2, 0) is 10.0 Å². The van der Waals surface area contributed by atoms with Gasteiger partial charge in [0, 0.05) is 13.6 Å². The van der Waals surface area contributed by atoms with Crippen molar-refractivity contribution < 1.29 is 17.9 Å². The van der Waals surface area contributed by atoms with Crippen LogP contribution in [0.15, 0.2) is 23.1 Å². The van der Waals surface area contributed by atoms with Crippen LogP contribution in [0.2, 0.25) is 0 Å². The number of primary sulfonamides is 1. The molecule has 0 aliphatic heterocycles. The Morgan fingerprint density at radius 1 is 1.50 bits per heavy atom. The van der Waals surface area contributed by atoms with Crippen LogP contribution in [0.5, 0.6) is 0 Å². The van der Waals surface area contributed by atoms with Crippen molar-refractivity contribution >= 4 is 15.7 Å². The first kappa shape index (κ1) is 12.9.